The van der Waals surface area contributed by atoms with Gasteiger partial charge in [-0.15, -0.1) is 22.7 Å². The predicted octanol–water partition coefficient (Wildman–Crippen LogP) is 21.5. The van der Waals surface area contributed by atoms with Crippen LogP contribution in [0.2, 0.25) is 0 Å². The van der Waals surface area contributed by atoms with E-state index in [0.717, 1.165) is 119 Å². The molecule has 0 amide bonds. The van der Waals surface area contributed by atoms with E-state index in [0.29, 0.717) is 0 Å². The fourth-order valence-corrected chi connectivity index (χ4v) is 19.0. The number of rotatable bonds is 10. The highest BCUT2D eigenvalue weighted by molar-refractivity contribution is 7.26. The van der Waals surface area contributed by atoms with Crippen LogP contribution in [0.4, 0.5) is 85.3 Å². The highest BCUT2D eigenvalue weighted by Crippen LogP contribution is 2.55. The van der Waals surface area contributed by atoms with Crippen molar-refractivity contribution in [2.75, 3.05) is 24.5 Å². The Labute approximate surface area is 588 Å². The summed E-state index contributed by atoms with van der Waals surface area (Å²) in [5.41, 5.74) is 25.7. The van der Waals surface area contributed by atoms with E-state index in [9.17, 15) is 0 Å². The zero-order valence-corrected chi connectivity index (χ0v) is 55.7. The highest BCUT2D eigenvalue weighted by Gasteiger charge is 2.49. The van der Waals surface area contributed by atoms with Crippen molar-refractivity contribution in [1.82, 2.24) is 0 Å². The lowest BCUT2D eigenvalue weighted by Crippen LogP contribution is -2.64. The van der Waals surface area contributed by atoms with Crippen molar-refractivity contribution in [3.8, 4) is 22.6 Å². The fourth-order valence-electron chi connectivity index (χ4n) is 16.8. The summed E-state index contributed by atoms with van der Waals surface area (Å²) in [6.45, 7) is -0.452. The lowest BCUT2D eigenvalue weighted by molar-refractivity contribution is 0.487. The van der Waals surface area contributed by atoms with Crippen LogP contribution in [-0.2, 0) is 0 Å². The van der Waals surface area contributed by atoms with Crippen molar-refractivity contribution in [1.29, 1.82) is 0 Å². The zero-order chi connectivity index (χ0) is 65.5. The third-order valence-electron chi connectivity index (χ3n) is 20.8. The van der Waals surface area contributed by atoms with Crippen LogP contribution in [0.1, 0.15) is 0 Å². The molecule has 0 N–H and O–H groups in total. The normalized spacial score (nSPS) is 13.0. The Morgan fingerprint density at radius 3 is 1.36 bits per heavy atom. The second kappa shape index (κ2) is 22.6. The van der Waals surface area contributed by atoms with Gasteiger partial charge in [-0.25, -0.2) is 0 Å². The van der Waals surface area contributed by atoms with Gasteiger partial charge in [0, 0.05) is 109 Å². The van der Waals surface area contributed by atoms with Crippen LogP contribution < -0.4 is 62.0 Å². The Balaban J connectivity index is 0.899. The third kappa shape index (κ3) is 8.64. The summed E-state index contributed by atoms with van der Waals surface area (Å²) in [7, 11) is 0. The van der Waals surface area contributed by atoms with Crippen molar-refractivity contribution in [3.63, 3.8) is 0 Å². The molecule has 0 fully saturated rings. The van der Waals surface area contributed by atoms with Gasteiger partial charge in [0.05, 0.1) is 28.4 Å². The Morgan fingerprint density at radius 1 is 0.270 bits per heavy atom. The number of ether oxygens (including phenoxy) is 1. The van der Waals surface area contributed by atoms with Crippen molar-refractivity contribution >= 4 is 195 Å². The molecule has 10 heteroatoms. The van der Waals surface area contributed by atoms with Gasteiger partial charge in [0.1, 0.15) is 11.5 Å². The molecule has 0 atom stereocenters. The fraction of sp³-hybridized carbons (Fsp3) is 0. The molecule has 6 nitrogen and oxygen atoms in total. The molecular weight excluding hydrogens is 1250 g/mol. The largest absolute Gasteiger partial charge is 0.458 e. The standard InChI is InChI=1S/C90H57B2N5OS2/c1-6-28-58(29-7-1)65-38-16-21-43-72(65)94(61-34-12-4-13-35-61)63-52-78-89-79(53-63)96(74-45-26-50-85-87(74)66-39-17-24-48-83(66)99-85)73-44-22-19-41-68(73)91(89)70-56-71-77(57-76(70)95(78)62-36-14-5-15-37-62)97(75-46-27-51-86-88(75)67-40-18-25-49-84(67)100-86)80-54-64(55-82-90(80)92(71)69-42-20-23-47-81(69)98-82)93(59-30-8-2-9-31-59)60-32-10-3-11-33-60/h1-57H. The van der Waals surface area contributed by atoms with E-state index < -0.39 is 0 Å². The molecule has 2 aromatic heterocycles. The smallest absolute Gasteiger partial charge is 0.256 e. The van der Waals surface area contributed by atoms with E-state index in [-0.39, 0.29) is 13.4 Å². The summed E-state index contributed by atoms with van der Waals surface area (Å²) in [4.78, 5) is 12.7. The van der Waals surface area contributed by atoms with E-state index in [1.807, 2.05) is 22.7 Å². The first-order chi connectivity index (χ1) is 49.6. The molecule has 4 aliphatic rings. The maximum Gasteiger partial charge on any atom is 0.256 e. The maximum absolute atomic E-state index is 7.44. The minimum absolute atomic E-state index is 0.224. The van der Waals surface area contributed by atoms with Crippen LogP contribution in [0, 0.1) is 0 Å². The Hall–Kier alpha value is -12.3. The number of para-hydroxylation sites is 7. The Morgan fingerprint density at radius 2 is 0.720 bits per heavy atom. The van der Waals surface area contributed by atoms with Crippen molar-refractivity contribution in [2.45, 2.75) is 0 Å². The van der Waals surface area contributed by atoms with Gasteiger partial charge in [-0.3, -0.25) is 0 Å². The summed E-state index contributed by atoms with van der Waals surface area (Å²) in [6, 6.07) is 128. The van der Waals surface area contributed by atoms with E-state index >= 15 is 0 Å². The molecule has 4 aliphatic heterocycles. The van der Waals surface area contributed by atoms with Crippen molar-refractivity contribution < 1.29 is 4.74 Å². The van der Waals surface area contributed by atoms with Crippen LogP contribution in [-0.4, -0.2) is 13.4 Å². The summed E-state index contributed by atoms with van der Waals surface area (Å²) in [5, 5.41) is 4.94. The van der Waals surface area contributed by atoms with Gasteiger partial charge in [-0.1, -0.05) is 212 Å². The van der Waals surface area contributed by atoms with Gasteiger partial charge in [0.25, 0.3) is 13.4 Å². The molecular formula is C90H57B2N5OS2. The number of benzene rings is 15. The molecule has 21 rings (SSSR count). The van der Waals surface area contributed by atoms with Crippen LogP contribution in [0.25, 0.3) is 51.5 Å². The topological polar surface area (TPSA) is 25.4 Å². The van der Waals surface area contributed by atoms with Gasteiger partial charge < -0.3 is 29.2 Å². The molecule has 0 saturated carbocycles. The maximum atomic E-state index is 7.44. The van der Waals surface area contributed by atoms with Gasteiger partial charge >= 0.3 is 0 Å². The SMILES string of the molecule is c1ccc(-c2ccccc2N(c2ccccc2)c2cc3c4c(c2)N(c2cccc5sc6ccccc6c25)c2ccccc2B4c2cc4c(cc2N3c2ccccc2)N(c2cccc3sc5ccccc5c23)c2cc(N(c3ccccc3)c3ccccc3)cc3c2B4c2ccccc2O3)cc1. The summed E-state index contributed by atoms with van der Waals surface area (Å²) >= 11 is 3.72. The van der Waals surface area contributed by atoms with Crippen LogP contribution in [0.5, 0.6) is 11.5 Å². The number of anilines is 15. The molecule has 0 aliphatic carbocycles. The lowest BCUT2D eigenvalue weighted by Gasteiger charge is -2.47. The quantitative estimate of drug-likeness (QED) is 0.127. The first-order valence-corrected chi connectivity index (χ1v) is 35.8. The molecule has 0 radical (unpaired) electrons. The van der Waals surface area contributed by atoms with Crippen molar-refractivity contribution in [2.24, 2.45) is 0 Å². The first kappa shape index (κ1) is 56.8. The minimum atomic E-state index is -0.228. The van der Waals surface area contributed by atoms with Gasteiger partial charge in [-0.2, -0.15) is 0 Å². The summed E-state index contributed by atoms with van der Waals surface area (Å²) in [6.07, 6.45) is 0. The monoisotopic (exact) mass is 1310 g/mol. The molecule has 100 heavy (non-hydrogen) atoms. The van der Waals surface area contributed by atoms with E-state index in [1.54, 1.807) is 0 Å². The predicted molar refractivity (Wildman–Crippen MR) is 427 cm³/mol. The average Bonchev–Trinajstić information content (AvgIpc) is 0.689. The third-order valence-corrected chi connectivity index (χ3v) is 23.1. The lowest BCUT2D eigenvalue weighted by atomic mass is 9.30. The Bertz CT molecular complexity index is 6110. The van der Waals surface area contributed by atoms with E-state index in [1.165, 1.54) is 62.2 Å². The number of fused-ring (bicyclic) bond motifs is 14. The van der Waals surface area contributed by atoms with Crippen LogP contribution in [0.3, 0.4) is 0 Å². The molecule has 0 spiro atoms. The summed E-state index contributed by atoms with van der Waals surface area (Å²) < 4.78 is 12.4. The second-order valence-corrected chi connectivity index (χ2v) is 28.4. The highest BCUT2D eigenvalue weighted by atomic mass is 32.1. The zero-order valence-electron chi connectivity index (χ0n) is 54.0. The molecule has 466 valence electrons. The molecule has 0 saturated heterocycles. The van der Waals surface area contributed by atoms with Crippen molar-refractivity contribution in [3.05, 3.63) is 346 Å². The molecule has 6 heterocycles. The van der Waals surface area contributed by atoms with Crippen LogP contribution in [0.15, 0.2) is 346 Å². The molecule has 0 unspecified atom stereocenters. The number of hydrogen-bond acceptors (Lipinski definition) is 8. The van der Waals surface area contributed by atoms with E-state index in [4.69, 9.17) is 4.74 Å². The van der Waals surface area contributed by atoms with Gasteiger partial charge in [0.15, 0.2) is 0 Å². The van der Waals surface area contributed by atoms with Crippen LogP contribution >= 0.6 is 22.7 Å². The molecule has 0 bridgehead atoms. The molecule has 15 aromatic carbocycles. The van der Waals surface area contributed by atoms with Gasteiger partial charge in [0.2, 0.25) is 0 Å². The Kier molecular flexibility index (Phi) is 12.9. The average molecular weight is 1310 g/mol. The number of hydrogen-bond donors (Lipinski definition) is 0. The van der Waals surface area contributed by atoms with Gasteiger partial charge in [-0.05, 0) is 166 Å². The minimum Gasteiger partial charge on any atom is -0.458 e. The van der Waals surface area contributed by atoms with E-state index in [2.05, 4.69) is 370 Å². The number of thiophene rings is 2. The molecule has 17 aromatic rings. The number of nitrogens with zero attached hydrogens (tertiary/aromatic N) is 5. The summed E-state index contributed by atoms with van der Waals surface area (Å²) in [5.74, 6) is 1.69. The second-order valence-electron chi connectivity index (χ2n) is 26.2. The first-order valence-electron chi connectivity index (χ1n) is 34.2.